The van der Waals surface area contributed by atoms with Crippen LogP contribution in [0.1, 0.15) is 30.6 Å². The van der Waals surface area contributed by atoms with E-state index in [1.807, 2.05) is 24.3 Å². The number of fused-ring (bicyclic) bond motifs is 1. The Morgan fingerprint density at radius 1 is 1.37 bits per heavy atom. The summed E-state index contributed by atoms with van der Waals surface area (Å²) in [6, 6.07) is 7.56. The van der Waals surface area contributed by atoms with E-state index >= 15 is 0 Å². The highest BCUT2D eigenvalue weighted by Gasteiger charge is 2.13. The van der Waals surface area contributed by atoms with Crippen LogP contribution in [0.3, 0.4) is 0 Å². The minimum atomic E-state index is -0.929. The minimum Gasteiger partial charge on any atom is -0.478 e. The second kappa shape index (κ2) is 6.06. The van der Waals surface area contributed by atoms with Gasteiger partial charge >= 0.3 is 5.97 Å². The normalized spacial score (nSPS) is 12.5. The van der Waals surface area contributed by atoms with Crippen molar-refractivity contribution >= 4 is 28.5 Å². The van der Waals surface area contributed by atoms with Gasteiger partial charge in [-0.3, -0.25) is 0 Å². The van der Waals surface area contributed by atoms with Gasteiger partial charge < -0.3 is 5.11 Å². The number of nitrogens with zero attached hydrogens (tertiary/aromatic N) is 1. The zero-order valence-electron chi connectivity index (χ0n) is 11.1. The number of carbonyl (C=O) groups is 1. The van der Waals surface area contributed by atoms with Crippen LogP contribution in [-0.2, 0) is 0 Å². The molecule has 0 fully saturated rings. The molecule has 0 aliphatic heterocycles. The van der Waals surface area contributed by atoms with Crippen molar-refractivity contribution in [2.75, 3.05) is 5.75 Å². The third-order valence-electron chi connectivity index (χ3n) is 3.19. The summed E-state index contributed by atoms with van der Waals surface area (Å²) in [6.07, 6.45) is 2.60. The highest BCUT2D eigenvalue weighted by atomic mass is 32.2. The van der Waals surface area contributed by atoms with Crippen molar-refractivity contribution in [3.8, 4) is 0 Å². The Kier molecular flexibility index (Phi) is 4.43. The van der Waals surface area contributed by atoms with E-state index < -0.39 is 5.97 Å². The average molecular weight is 275 g/mol. The van der Waals surface area contributed by atoms with Crippen LogP contribution in [0.5, 0.6) is 0 Å². The molecule has 1 N–H and O–H groups in total. The molecule has 4 heteroatoms. The smallest absolute Gasteiger partial charge is 0.337 e. The number of thioether (sulfide) groups is 1. The molecule has 3 nitrogen and oxygen atoms in total. The quantitative estimate of drug-likeness (QED) is 0.836. The standard InChI is InChI=1S/C15H17NO2S/c1-3-10(2)9-19-14-12-7-5-4-6-11(12)13(8-16-14)15(17)18/h4-8,10H,3,9H2,1-2H3,(H,17,18). The van der Waals surface area contributed by atoms with Crippen molar-refractivity contribution < 1.29 is 9.90 Å². The summed E-state index contributed by atoms with van der Waals surface area (Å²) < 4.78 is 0. The Morgan fingerprint density at radius 2 is 2.05 bits per heavy atom. The predicted octanol–water partition coefficient (Wildman–Crippen LogP) is 4.07. The van der Waals surface area contributed by atoms with Crippen LogP contribution in [0, 0.1) is 5.92 Å². The van der Waals surface area contributed by atoms with Crippen molar-refractivity contribution in [3.63, 3.8) is 0 Å². The van der Waals surface area contributed by atoms with E-state index in [2.05, 4.69) is 18.8 Å². The lowest BCUT2D eigenvalue weighted by molar-refractivity contribution is 0.0698. The van der Waals surface area contributed by atoms with Crippen molar-refractivity contribution in [2.24, 2.45) is 5.92 Å². The summed E-state index contributed by atoms with van der Waals surface area (Å²) in [4.78, 5) is 15.5. The predicted molar refractivity (Wildman–Crippen MR) is 78.9 cm³/mol. The molecule has 0 amide bonds. The number of carboxylic acid groups (broad SMARTS) is 1. The number of hydrogen-bond acceptors (Lipinski definition) is 3. The first-order valence-corrected chi connectivity index (χ1v) is 7.35. The number of carboxylic acids is 1. The van der Waals surface area contributed by atoms with E-state index in [0.29, 0.717) is 5.92 Å². The largest absolute Gasteiger partial charge is 0.478 e. The molecule has 0 radical (unpaired) electrons. The Bertz CT molecular complexity index is 598. The van der Waals surface area contributed by atoms with Gasteiger partial charge in [0, 0.05) is 22.7 Å². The molecule has 1 atom stereocenters. The minimum absolute atomic E-state index is 0.267. The molecule has 1 unspecified atom stereocenters. The van der Waals surface area contributed by atoms with Crippen LogP contribution in [0.2, 0.25) is 0 Å². The topological polar surface area (TPSA) is 50.2 Å². The van der Waals surface area contributed by atoms with E-state index in [-0.39, 0.29) is 5.56 Å². The summed E-state index contributed by atoms with van der Waals surface area (Å²) in [7, 11) is 0. The summed E-state index contributed by atoms with van der Waals surface area (Å²) in [5.41, 5.74) is 0.267. The molecular weight excluding hydrogens is 258 g/mol. The summed E-state index contributed by atoms with van der Waals surface area (Å²) in [5.74, 6) is 0.701. The molecular formula is C15H17NO2S. The monoisotopic (exact) mass is 275 g/mol. The van der Waals surface area contributed by atoms with Crippen molar-refractivity contribution in [1.82, 2.24) is 4.98 Å². The number of aromatic nitrogens is 1. The first kappa shape index (κ1) is 13.9. The van der Waals surface area contributed by atoms with E-state index in [0.717, 1.165) is 28.0 Å². The molecule has 1 aromatic carbocycles. The molecule has 0 saturated carbocycles. The first-order chi connectivity index (χ1) is 9.13. The molecule has 100 valence electrons. The van der Waals surface area contributed by atoms with Crippen LogP contribution in [-0.4, -0.2) is 21.8 Å². The molecule has 19 heavy (non-hydrogen) atoms. The summed E-state index contributed by atoms with van der Waals surface area (Å²) >= 11 is 1.70. The Hall–Kier alpha value is -1.55. The first-order valence-electron chi connectivity index (χ1n) is 6.37. The molecule has 1 heterocycles. The maximum atomic E-state index is 11.2. The number of pyridine rings is 1. The van der Waals surface area contributed by atoms with E-state index in [4.69, 9.17) is 0 Å². The number of aromatic carboxylic acids is 1. The fraction of sp³-hybridized carbons (Fsp3) is 0.333. The van der Waals surface area contributed by atoms with Crippen molar-refractivity contribution in [3.05, 3.63) is 36.0 Å². The second-order valence-electron chi connectivity index (χ2n) is 4.65. The van der Waals surface area contributed by atoms with E-state index in [1.165, 1.54) is 6.20 Å². The van der Waals surface area contributed by atoms with Gasteiger partial charge in [0.25, 0.3) is 0 Å². The third-order valence-corrected chi connectivity index (χ3v) is 4.52. The highest BCUT2D eigenvalue weighted by molar-refractivity contribution is 7.99. The summed E-state index contributed by atoms with van der Waals surface area (Å²) in [5, 5.41) is 11.8. The Balaban J connectivity index is 2.41. The fourth-order valence-corrected chi connectivity index (χ4v) is 2.93. The van der Waals surface area contributed by atoms with Gasteiger partial charge in [-0.05, 0) is 5.92 Å². The van der Waals surface area contributed by atoms with Crippen molar-refractivity contribution in [2.45, 2.75) is 25.3 Å². The van der Waals surface area contributed by atoms with E-state index in [1.54, 1.807) is 11.8 Å². The summed E-state index contributed by atoms with van der Waals surface area (Å²) in [6.45, 7) is 4.38. The van der Waals surface area contributed by atoms with Gasteiger partial charge in [0.15, 0.2) is 0 Å². The van der Waals surface area contributed by atoms with E-state index in [9.17, 15) is 9.90 Å². The molecule has 2 aromatic rings. The average Bonchev–Trinajstić information content (AvgIpc) is 2.43. The Morgan fingerprint density at radius 3 is 2.68 bits per heavy atom. The van der Waals surface area contributed by atoms with Gasteiger partial charge in [0.1, 0.15) is 5.03 Å². The van der Waals surface area contributed by atoms with Crippen molar-refractivity contribution in [1.29, 1.82) is 0 Å². The molecule has 0 spiro atoms. The van der Waals surface area contributed by atoms with Crippen LogP contribution in [0.4, 0.5) is 0 Å². The van der Waals surface area contributed by atoms with Gasteiger partial charge in [-0.25, -0.2) is 9.78 Å². The van der Waals surface area contributed by atoms with Gasteiger partial charge in [-0.2, -0.15) is 0 Å². The van der Waals surface area contributed by atoms with Gasteiger partial charge in [0.2, 0.25) is 0 Å². The molecule has 0 aliphatic carbocycles. The number of hydrogen-bond donors (Lipinski definition) is 1. The lowest BCUT2D eigenvalue weighted by Gasteiger charge is -2.10. The molecule has 0 saturated heterocycles. The number of benzene rings is 1. The van der Waals surface area contributed by atoms with Crippen LogP contribution < -0.4 is 0 Å². The third kappa shape index (κ3) is 3.07. The zero-order valence-corrected chi connectivity index (χ0v) is 11.9. The van der Waals surface area contributed by atoms with Gasteiger partial charge in [-0.15, -0.1) is 11.8 Å². The maximum absolute atomic E-state index is 11.2. The molecule has 1 aromatic heterocycles. The maximum Gasteiger partial charge on any atom is 0.337 e. The second-order valence-corrected chi connectivity index (χ2v) is 5.66. The van der Waals surface area contributed by atoms with Crippen LogP contribution >= 0.6 is 11.8 Å². The SMILES string of the molecule is CCC(C)CSc1ncc(C(=O)O)c2ccccc12. The zero-order chi connectivity index (χ0) is 13.8. The molecule has 0 aliphatic rings. The van der Waals surface area contributed by atoms with Crippen LogP contribution in [0.25, 0.3) is 10.8 Å². The molecule has 0 bridgehead atoms. The molecule has 2 rings (SSSR count). The van der Waals surface area contributed by atoms with Gasteiger partial charge in [-0.1, -0.05) is 44.5 Å². The van der Waals surface area contributed by atoms with Gasteiger partial charge in [0.05, 0.1) is 5.56 Å². The fourth-order valence-electron chi connectivity index (χ4n) is 1.79. The Labute approximate surface area is 117 Å². The highest BCUT2D eigenvalue weighted by Crippen LogP contribution is 2.29. The number of rotatable bonds is 5. The lowest BCUT2D eigenvalue weighted by atomic mass is 10.1. The lowest BCUT2D eigenvalue weighted by Crippen LogP contribution is -2.01. The van der Waals surface area contributed by atoms with Crippen LogP contribution in [0.15, 0.2) is 35.5 Å².